The smallest absolute Gasteiger partial charge is 0.191 e. The second-order valence-corrected chi connectivity index (χ2v) is 5.18. The van der Waals surface area contributed by atoms with Crippen LogP contribution in [0.1, 0.15) is 52.4 Å². The van der Waals surface area contributed by atoms with Crippen molar-refractivity contribution in [2.24, 2.45) is 16.6 Å². The fourth-order valence-electron chi connectivity index (χ4n) is 2.09. The fraction of sp³-hybridized carbons (Fsp3) is 0.923. The second kappa shape index (κ2) is 9.97. The van der Waals surface area contributed by atoms with Gasteiger partial charge in [-0.15, -0.1) is 24.0 Å². The van der Waals surface area contributed by atoms with E-state index in [9.17, 15) is 0 Å². The Kier molecular flexibility index (Phi) is 9.97. The molecule has 0 atom stereocenters. The molecule has 102 valence electrons. The van der Waals surface area contributed by atoms with E-state index >= 15 is 0 Å². The van der Waals surface area contributed by atoms with Gasteiger partial charge in [0.25, 0.3) is 0 Å². The van der Waals surface area contributed by atoms with Gasteiger partial charge in [0.15, 0.2) is 5.96 Å². The zero-order chi connectivity index (χ0) is 11.8. The van der Waals surface area contributed by atoms with Crippen LogP contribution in [0, 0.1) is 5.92 Å². The van der Waals surface area contributed by atoms with Crippen LogP contribution in [0.3, 0.4) is 0 Å². The SMILES string of the molecule is CC(C)CCCN=C(N)N1CCCCCC1.I. The summed E-state index contributed by atoms with van der Waals surface area (Å²) in [4.78, 5) is 6.73. The van der Waals surface area contributed by atoms with Crippen molar-refractivity contribution in [1.82, 2.24) is 4.90 Å². The first-order chi connectivity index (χ1) is 7.70. The van der Waals surface area contributed by atoms with Crippen molar-refractivity contribution in [2.45, 2.75) is 52.4 Å². The van der Waals surface area contributed by atoms with Gasteiger partial charge in [-0.1, -0.05) is 26.7 Å². The van der Waals surface area contributed by atoms with Crippen molar-refractivity contribution in [3.63, 3.8) is 0 Å². The summed E-state index contributed by atoms with van der Waals surface area (Å²) in [6, 6.07) is 0. The van der Waals surface area contributed by atoms with Gasteiger partial charge in [0, 0.05) is 19.6 Å². The Morgan fingerprint density at radius 1 is 1.18 bits per heavy atom. The molecule has 1 saturated heterocycles. The predicted molar refractivity (Wildman–Crippen MR) is 86.0 cm³/mol. The molecule has 2 N–H and O–H groups in total. The van der Waals surface area contributed by atoms with Crippen LogP contribution in [0.5, 0.6) is 0 Å². The maximum atomic E-state index is 6.01. The first-order valence-corrected chi connectivity index (χ1v) is 6.75. The minimum Gasteiger partial charge on any atom is -0.370 e. The lowest BCUT2D eigenvalue weighted by Gasteiger charge is -2.21. The maximum Gasteiger partial charge on any atom is 0.191 e. The molecule has 17 heavy (non-hydrogen) atoms. The van der Waals surface area contributed by atoms with Crippen LogP contribution in [0.2, 0.25) is 0 Å². The molecule has 0 saturated carbocycles. The van der Waals surface area contributed by atoms with E-state index in [-0.39, 0.29) is 24.0 Å². The molecule has 1 aliphatic rings. The predicted octanol–water partition coefficient (Wildman–Crippen LogP) is 3.23. The molecule has 0 bridgehead atoms. The lowest BCUT2D eigenvalue weighted by atomic mass is 10.1. The summed E-state index contributed by atoms with van der Waals surface area (Å²) in [6.45, 7) is 7.59. The van der Waals surface area contributed by atoms with Crippen LogP contribution in [0.4, 0.5) is 0 Å². The van der Waals surface area contributed by atoms with Crippen molar-refractivity contribution < 1.29 is 0 Å². The van der Waals surface area contributed by atoms with Gasteiger partial charge >= 0.3 is 0 Å². The van der Waals surface area contributed by atoms with E-state index < -0.39 is 0 Å². The zero-order valence-corrected chi connectivity index (χ0v) is 13.7. The summed E-state index contributed by atoms with van der Waals surface area (Å²) in [5.41, 5.74) is 6.01. The average molecular weight is 353 g/mol. The van der Waals surface area contributed by atoms with Crippen molar-refractivity contribution in [3.05, 3.63) is 0 Å². The van der Waals surface area contributed by atoms with Crippen molar-refractivity contribution in [3.8, 4) is 0 Å². The van der Waals surface area contributed by atoms with E-state index in [1.807, 2.05) is 0 Å². The van der Waals surface area contributed by atoms with Crippen LogP contribution >= 0.6 is 24.0 Å². The number of likely N-dealkylation sites (tertiary alicyclic amines) is 1. The monoisotopic (exact) mass is 353 g/mol. The van der Waals surface area contributed by atoms with E-state index in [1.54, 1.807) is 0 Å². The van der Waals surface area contributed by atoms with E-state index in [0.29, 0.717) is 0 Å². The molecule has 4 heteroatoms. The topological polar surface area (TPSA) is 41.6 Å². The third-order valence-corrected chi connectivity index (χ3v) is 3.14. The van der Waals surface area contributed by atoms with Crippen molar-refractivity contribution in [1.29, 1.82) is 0 Å². The van der Waals surface area contributed by atoms with Crippen molar-refractivity contribution in [2.75, 3.05) is 19.6 Å². The molecule has 1 fully saturated rings. The Hall–Kier alpha value is 0. The van der Waals surface area contributed by atoms with Gasteiger partial charge in [-0.2, -0.15) is 0 Å². The summed E-state index contributed by atoms with van der Waals surface area (Å²) >= 11 is 0. The zero-order valence-electron chi connectivity index (χ0n) is 11.3. The highest BCUT2D eigenvalue weighted by Crippen LogP contribution is 2.09. The van der Waals surface area contributed by atoms with Crippen LogP contribution in [0.15, 0.2) is 4.99 Å². The van der Waals surface area contributed by atoms with Gasteiger partial charge in [-0.05, 0) is 31.6 Å². The molecule has 0 amide bonds. The normalized spacial score (nSPS) is 17.8. The Labute approximate surface area is 123 Å². The van der Waals surface area contributed by atoms with E-state index in [4.69, 9.17) is 5.73 Å². The quantitative estimate of drug-likeness (QED) is 0.365. The molecule has 0 unspecified atom stereocenters. The highest BCUT2D eigenvalue weighted by atomic mass is 127. The number of aliphatic imine (C=N–C) groups is 1. The number of halogens is 1. The van der Waals surface area contributed by atoms with E-state index in [0.717, 1.165) is 37.9 Å². The van der Waals surface area contributed by atoms with Crippen LogP contribution in [-0.4, -0.2) is 30.5 Å². The maximum absolute atomic E-state index is 6.01. The van der Waals surface area contributed by atoms with Crippen LogP contribution < -0.4 is 5.73 Å². The highest BCUT2D eigenvalue weighted by molar-refractivity contribution is 14.0. The summed E-state index contributed by atoms with van der Waals surface area (Å²) in [5, 5.41) is 0. The second-order valence-electron chi connectivity index (χ2n) is 5.18. The third-order valence-electron chi connectivity index (χ3n) is 3.14. The Balaban J connectivity index is 0.00000256. The molecular weight excluding hydrogens is 325 g/mol. The highest BCUT2D eigenvalue weighted by Gasteiger charge is 2.10. The molecule has 0 spiro atoms. The molecule has 0 aliphatic carbocycles. The molecule has 0 aromatic carbocycles. The minimum atomic E-state index is 0. The number of hydrogen-bond acceptors (Lipinski definition) is 1. The number of hydrogen-bond donors (Lipinski definition) is 1. The summed E-state index contributed by atoms with van der Waals surface area (Å²) in [7, 11) is 0. The molecule has 0 aromatic heterocycles. The Morgan fingerprint density at radius 3 is 2.29 bits per heavy atom. The Bertz CT molecular complexity index is 209. The number of rotatable bonds is 4. The van der Waals surface area contributed by atoms with Crippen LogP contribution in [-0.2, 0) is 0 Å². The largest absolute Gasteiger partial charge is 0.370 e. The average Bonchev–Trinajstić information content (AvgIpc) is 2.52. The Morgan fingerprint density at radius 2 is 1.76 bits per heavy atom. The molecular formula is C13H28IN3. The lowest BCUT2D eigenvalue weighted by Crippen LogP contribution is -2.38. The lowest BCUT2D eigenvalue weighted by molar-refractivity contribution is 0.427. The van der Waals surface area contributed by atoms with Gasteiger partial charge in [-0.3, -0.25) is 4.99 Å². The van der Waals surface area contributed by atoms with Crippen molar-refractivity contribution >= 4 is 29.9 Å². The van der Waals surface area contributed by atoms with Gasteiger partial charge in [0.1, 0.15) is 0 Å². The summed E-state index contributed by atoms with van der Waals surface area (Å²) in [6.07, 6.45) is 7.63. The van der Waals surface area contributed by atoms with Gasteiger partial charge in [0.2, 0.25) is 0 Å². The molecule has 0 aromatic rings. The standard InChI is InChI=1S/C13H27N3.HI/c1-12(2)8-7-9-15-13(14)16-10-5-3-4-6-11-16;/h12H,3-11H2,1-2H3,(H2,14,15);1H. The molecule has 1 rings (SSSR count). The van der Waals surface area contributed by atoms with Gasteiger partial charge in [0.05, 0.1) is 0 Å². The van der Waals surface area contributed by atoms with Gasteiger partial charge in [-0.25, -0.2) is 0 Å². The van der Waals surface area contributed by atoms with Crippen LogP contribution in [0.25, 0.3) is 0 Å². The van der Waals surface area contributed by atoms with E-state index in [1.165, 1.54) is 32.1 Å². The molecule has 0 radical (unpaired) electrons. The summed E-state index contributed by atoms with van der Waals surface area (Å²) in [5.74, 6) is 1.54. The molecule has 1 aliphatic heterocycles. The van der Waals surface area contributed by atoms with Gasteiger partial charge < -0.3 is 10.6 Å². The fourth-order valence-corrected chi connectivity index (χ4v) is 2.09. The molecule has 3 nitrogen and oxygen atoms in total. The third kappa shape index (κ3) is 7.84. The summed E-state index contributed by atoms with van der Waals surface area (Å²) < 4.78 is 0. The number of guanidine groups is 1. The first kappa shape index (κ1) is 17.0. The number of nitrogens with two attached hydrogens (primary N) is 1. The first-order valence-electron chi connectivity index (χ1n) is 6.75. The molecule has 1 heterocycles. The number of nitrogens with zero attached hydrogens (tertiary/aromatic N) is 2. The minimum absolute atomic E-state index is 0. The van der Waals surface area contributed by atoms with E-state index in [2.05, 4.69) is 23.7 Å².